The third-order valence-corrected chi connectivity index (χ3v) is 5.57. The van der Waals surface area contributed by atoms with E-state index in [4.69, 9.17) is 0 Å². The number of benzene rings is 1. The average molecular weight is 314 g/mol. The normalized spacial score (nSPS) is 17.3. The van der Waals surface area contributed by atoms with Gasteiger partial charge in [-0.25, -0.2) is 12.8 Å². The van der Waals surface area contributed by atoms with E-state index >= 15 is 0 Å². The summed E-state index contributed by atoms with van der Waals surface area (Å²) in [6.07, 6.45) is 2.85. The summed E-state index contributed by atoms with van der Waals surface area (Å²) in [6.45, 7) is 5.36. The van der Waals surface area contributed by atoms with Crippen molar-refractivity contribution in [2.45, 2.75) is 50.6 Å². The van der Waals surface area contributed by atoms with Gasteiger partial charge in [0.1, 0.15) is 5.82 Å². The Hall–Kier alpha value is -0.980. The summed E-state index contributed by atoms with van der Waals surface area (Å²) in [4.78, 5) is 0.186. The number of nitrogens with zero attached hydrogens (tertiary/aromatic N) is 1. The van der Waals surface area contributed by atoms with Crippen molar-refractivity contribution in [1.29, 1.82) is 0 Å². The van der Waals surface area contributed by atoms with Crippen molar-refractivity contribution in [2.24, 2.45) is 0 Å². The molecule has 1 heterocycles. The maximum atomic E-state index is 13.8. The minimum atomic E-state index is -3.50. The number of hydrogen-bond acceptors (Lipinski definition) is 3. The highest BCUT2D eigenvalue weighted by Gasteiger charge is 2.26. The smallest absolute Gasteiger partial charge is 0.243 e. The highest BCUT2D eigenvalue weighted by atomic mass is 32.2. The first kappa shape index (κ1) is 16.4. The summed E-state index contributed by atoms with van der Waals surface area (Å²) in [5.74, 6) is -0.374. The number of rotatable bonds is 5. The first-order chi connectivity index (χ1) is 9.91. The van der Waals surface area contributed by atoms with E-state index in [1.165, 1.54) is 22.5 Å². The van der Waals surface area contributed by atoms with E-state index in [-0.39, 0.29) is 16.8 Å². The third-order valence-electron chi connectivity index (χ3n) is 3.67. The molecule has 1 fully saturated rings. The molecule has 1 aliphatic heterocycles. The average Bonchev–Trinajstić information content (AvgIpc) is 2.47. The Bertz CT molecular complexity index is 581. The fraction of sp³-hybridized carbons (Fsp3) is 0.600. The molecule has 2 rings (SSSR count). The molecule has 21 heavy (non-hydrogen) atoms. The van der Waals surface area contributed by atoms with Gasteiger partial charge in [-0.1, -0.05) is 20.3 Å². The van der Waals surface area contributed by atoms with E-state index < -0.39 is 10.0 Å². The van der Waals surface area contributed by atoms with Crippen LogP contribution in [0.3, 0.4) is 0 Å². The molecule has 0 unspecified atom stereocenters. The van der Waals surface area contributed by atoms with Crippen LogP contribution in [-0.4, -0.2) is 31.9 Å². The molecule has 1 saturated heterocycles. The van der Waals surface area contributed by atoms with Crippen LogP contribution < -0.4 is 5.32 Å². The van der Waals surface area contributed by atoms with Gasteiger partial charge in [-0.3, -0.25) is 0 Å². The molecule has 118 valence electrons. The van der Waals surface area contributed by atoms with Gasteiger partial charge in [-0.15, -0.1) is 0 Å². The van der Waals surface area contributed by atoms with Crippen LogP contribution in [0.5, 0.6) is 0 Å². The van der Waals surface area contributed by atoms with E-state index in [2.05, 4.69) is 5.32 Å². The Labute approximate surface area is 126 Å². The second-order valence-corrected chi connectivity index (χ2v) is 7.69. The summed E-state index contributed by atoms with van der Waals surface area (Å²) in [7, 11) is -3.50. The lowest BCUT2D eigenvalue weighted by Gasteiger charge is -2.26. The molecule has 0 atom stereocenters. The van der Waals surface area contributed by atoms with Gasteiger partial charge in [0, 0.05) is 31.2 Å². The Kier molecular flexibility index (Phi) is 5.35. The molecule has 0 aromatic heterocycles. The molecule has 0 amide bonds. The zero-order valence-corrected chi connectivity index (χ0v) is 13.4. The predicted molar refractivity (Wildman–Crippen MR) is 81.0 cm³/mol. The number of nitrogens with one attached hydrogen (secondary N) is 1. The van der Waals surface area contributed by atoms with E-state index in [1.807, 2.05) is 13.8 Å². The van der Waals surface area contributed by atoms with Crippen LogP contribution >= 0.6 is 0 Å². The van der Waals surface area contributed by atoms with Crippen LogP contribution in [0, 0.1) is 5.82 Å². The lowest BCUT2D eigenvalue weighted by Crippen LogP contribution is -2.35. The molecule has 0 radical (unpaired) electrons. The largest absolute Gasteiger partial charge is 0.310 e. The maximum Gasteiger partial charge on any atom is 0.243 e. The van der Waals surface area contributed by atoms with E-state index in [1.54, 1.807) is 0 Å². The molecule has 0 bridgehead atoms. The van der Waals surface area contributed by atoms with Gasteiger partial charge < -0.3 is 5.32 Å². The standard InChI is InChI=1S/C15H23FN2O2S/c1-12(2)17-11-13-10-14(6-7-15(13)16)21(19,20)18-8-4-3-5-9-18/h6-7,10,12,17H,3-5,8-9,11H2,1-2H3. The second kappa shape index (κ2) is 6.85. The summed E-state index contributed by atoms with van der Waals surface area (Å²) < 4.78 is 40.4. The molecule has 0 saturated carbocycles. The summed E-state index contributed by atoms with van der Waals surface area (Å²) in [6, 6.07) is 4.27. The molecular formula is C15H23FN2O2S. The van der Waals surface area contributed by atoms with Crippen LogP contribution in [0.1, 0.15) is 38.7 Å². The van der Waals surface area contributed by atoms with Crippen molar-refractivity contribution in [3.63, 3.8) is 0 Å². The Morgan fingerprint density at radius 3 is 2.52 bits per heavy atom. The van der Waals surface area contributed by atoms with Gasteiger partial charge in [-0.2, -0.15) is 4.31 Å². The lowest BCUT2D eigenvalue weighted by molar-refractivity contribution is 0.346. The molecular weight excluding hydrogens is 291 g/mol. The van der Waals surface area contributed by atoms with Crippen molar-refractivity contribution in [1.82, 2.24) is 9.62 Å². The van der Waals surface area contributed by atoms with E-state index in [0.717, 1.165) is 19.3 Å². The molecule has 1 aliphatic rings. The zero-order valence-electron chi connectivity index (χ0n) is 12.6. The first-order valence-corrected chi connectivity index (χ1v) is 8.87. The minimum absolute atomic E-state index is 0.186. The third kappa shape index (κ3) is 4.02. The van der Waals surface area contributed by atoms with Gasteiger partial charge >= 0.3 is 0 Å². The van der Waals surface area contributed by atoms with Gasteiger partial charge in [-0.05, 0) is 31.0 Å². The maximum absolute atomic E-state index is 13.8. The number of hydrogen-bond donors (Lipinski definition) is 1. The molecule has 1 aromatic rings. The van der Waals surface area contributed by atoms with Crippen molar-refractivity contribution >= 4 is 10.0 Å². The Morgan fingerprint density at radius 2 is 1.90 bits per heavy atom. The summed E-state index contributed by atoms with van der Waals surface area (Å²) in [5, 5.41) is 3.11. The van der Waals surface area contributed by atoms with Gasteiger partial charge in [0.15, 0.2) is 0 Å². The Morgan fingerprint density at radius 1 is 1.24 bits per heavy atom. The van der Waals surface area contributed by atoms with Gasteiger partial charge in [0.05, 0.1) is 4.90 Å². The second-order valence-electron chi connectivity index (χ2n) is 5.75. The monoisotopic (exact) mass is 314 g/mol. The van der Waals surface area contributed by atoms with Crippen molar-refractivity contribution in [3.8, 4) is 0 Å². The van der Waals surface area contributed by atoms with Crippen LogP contribution in [0.2, 0.25) is 0 Å². The fourth-order valence-corrected chi connectivity index (χ4v) is 3.98. The van der Waals surface area contributed by atoms with Crippen LogP contribution in [0.25, 0.3) is 0 Å². The number of sulfonamides is 1. The first-order valence-electron chi connectivity index (χ1n) is 7.43. The topological polar surface area (TPSA) is 49.4 Å². The fourth-order valence-electron chi connectivity index (χ4n) is 2.42. The van der Waals surface area contributed by atoms with Crippen LogP contribution in [0.15, 0.2) is 23.1 Å². The molecule has 6 heteroatoms. The van der Waals surface area contributed by atoms with Crippen molar-refractivity contribution in [2.75, 3.05) is 13.1 Å². The highest BCUT2D eigenvalue weighted by molar-refractivity contribution is 7.89. The van der Waals surface area contributed by atoms with Crippen molar-refractivity contribution < 1.29 is 12.8 Å². The van der Waals surface area contributed by atoms with Crippen LogP contribution in [-0.2, 0) is 16.6 Å². The predicted octanol–water partition coefficient (Wildman–Crippen LogP) is 2.50. The van der Waals surface area contributed by atoms with Gasteiger partial charge in [0.25, 0.3) is 0 Å². The Balaban J connectivity index is 2.24. The quantitative estimate of drug-likeness (QED) is 0.908. The van der Waals surface area contributed by atoms with Crippen molar-refractivity contribution in [3.05, 3.63) is 29.6 Å². The summed E-state index contributed by atoms with van der Waals surface area (Å²) >= 11 is 0. The summed E-state index contributed by atoms with van der Waals surface area (Å²) in [5.41, 5.74) is 0.391. The molecule has 4 nitrogen and oxygen atoms in total. The molecule has 1 aromatic carbocycles. The number of halogens is 1. The molecule has 0 aliphatic carbocycles. The molecule has 0 spiro atoms. The van der Waals surface area contributed by atoms with Crippen LogP contribution in [0.4, 0.5) is 4.39 Å². The number of piperidine rings is 1. The lowest BCUT2D eigenvalue weighted by atomic mass is 10.2. The SMILES string of the molecule is CC(C)NCc1cc(S(=O)(=O)N2CCCCC2)ccc1F. The van der Waals surface area contributed by atoms with E-state index in [9.17, 15) is 12.8 Å². The van der Waals surface area contributed by atoms with E-state index in [0.29, 0.717) is 25.2 Å². The van der Waals surface area contributed by atoms with Gasteiger partial charge in [0.2, 0.25) is 10.0 Å². The zero-order chi connectivity index (χ0) is 15.5. The highest BCUT2D eigenvalue weighted by Crippen LogP contribution is 2.22. The minimum Gasteiger partial charge on any atom is -0.310 e. The molecule has 1 N–H and O–H groups in total.